The van der Waals surface area contributed by atoms with Crippen molar-refractivity contribution in [3.05, 3.63) is 0 Å². The molecular formula is C10H20ClNO3S. The lowest BCUT2D eigenvalue weighted by Crippen LogP contribution is -2.33. The van der Waals surface area contributed by atoms with Gasteiger partial charge in [-0.25, -0.2) is 13.1 Å². The molecule has 16 heavy (non-hydrogen) atoms. The quantitative estimate of drug-likeness (QED) is 0.561. The zero-order valence-corrected chi connectivity index (χ0v) is 11.0. The van der Waals surface area contributed by atoms with Crippen LogP contribution in [0.5, 0.6) is 0 Å². The van der Waals surface area contributed by atoms with Crippen LogP contribution in [0.3, 0.4) is 0 Å². The van der Waals surface area contributed by atoms with E-state index in [1.807, 2.05) is 0 Å². The Bertz CT molecular complexity index is 276. The average molecular weight is 270 g/mol. The number of ether oxygens (including phenoxy) is 1. The van der Waals surface area contributed by atoms with Gasteiger partial charge in [-0.1, -0.05) is 0 Å². The molecule has 0 atom stereocenters. The summed E-state index contributed by atoms with van der Waals surface area (Å²) >= 11 is 5.50. The molecule has 0 radical (unpaired) electrons. The number of hydrogen-bond acceptors (Lipinski definition) is 3. The van der Waals surface area contributed by atoms with Crippen LogP contribution < -0.4 is 4.72 Å². The van der Waals surface area contributed by atoms with Crippen LogP contribution in [-0.4, -0.2) is 39.8 Å². The van der Waals surface area contributed by atoms with Crippen molar-refractivity contribution in [1.82, 2.24) is 4.72 Å². The van der Waals surface area contributed by atoms with E-state index in [0.29, 0.717) is 24.8 Å². The summed E-state index contributed by atoms with van der Waals surface area (Å²) in [6.45, 7) is 2.05. The summed E-state index contributed by atoms with van der Waals surface area (Å²) in [5.74, 6) is 1.13. The van der Waals surface area contributed by atoms with Crippen molar-refractivity contribution >= 4 is 21.6 Å². The van der Waals surface area contributed by atoms with Gasteiger partial charge in [0.25, 0.3) is 0 Å². The molecule has 0 unspecified atom stereocenters. The summed E-state index contributed by atoms with van der Waals surface area (Å²) in [6, 6.07) is 0. The molecule has 1 fully saturated rings. The molecule has 1 aliphatic rings. The summed E-state index contributed by atoms with van der Waals surface area (Å²) < 4.78 is 31.0. The molecule has 0 aromatic carbocycles. The first kappa shape index (κ1) is 14.2. The summed E-state index contributed by atoms with van der Waals surface area (Å²) in [7, 11) is -3.10. The highest BCUT2D eigenvalue weighted by Crippen LogP contribution is 2.13. The topological polar surface area (TPSA) is 55.4 Å². The molecule has 1 aliphatic heterocycles. The van der Waals surface area contributed by atoms with Gasteiger partial charge in [-0.15, -0.1) is 11.6 Å². The Morgan fingerprint density at radius 2 is 1.94 bits per heavy atom. The minimum atomic E-state index is -3.10. The van der Waals surface area contributed by atoms with Crippen molar-refractivity contribution in [2.75, 3.05) is 31.4 Å². The molecule has 6 heteroatoms. The Labute approximate surface area is 103 Å². The van der Waals surface area contributed by atoms with Gasteiger partial charge in [0.05, 0.1) is 5.75 Å². The number of rotatable bonds is 7. The molecule has 0 aromatic heterocycles. The fourth-order valence-electron chi connectivity index (χ4n) is 1.65. The molecule has 96 valence electrons. The summed E-state index contributed by atoms with van der Waals surface area (Å²) in [5, 5.41) is 0. The van der Waals surface area contributed by atoms with Crippen LogP contribution in [0.1, 0.15) is 25.7 Å². The smallest absolute Gasteiger partial charge is 0.211 e. The van der Waals surface area contributed by atoms with Crippen molar-refractivity contribution in [2.24, 2.45) is 5.92 Å². The zero-order chi connectivity index (χ0) is 11.9. The molecule has 0 amide bonds. The van der Waals surface area contributed by atoms with Crippen molar-refractivity contribution in [2.45, 2.75) is 25.7 Å². The molecule has 4 nitrogen and oxygen atoms in total. The largest absolute Gasteiger partial charge is 0.381 e. The van der Waals surface area contributed by atoms with Crippen molar-refractivity contribution in [1.29, 1.82) is 0 Å². The standard InChI is InChI=1S/C10H20ClNO3S/c11-5-1-2-8-16(13,14)12-9-10-3-6-15-7-4-10/h10,12H,1-9H2. The number of sulfonamides is 1. The predicted octanol–water partition coefficient (Wildman–Crippen LogP) is 1.35. The van der Waals surface area contributed by atoms with Crippen molar-refractivity contribution in [3.8, 4) is 0 Å². The Morgan fingerprint density at radius 3 is 2.56 bits per heavy atom. The van der Waals surface area contributed by atoms with Gasteiger partial charge in [0.1, 0.15) is 0 Å². The van der Waals surface area contributed by atoms with Crippen LogP contribution in [-0.2, 0) is 14.8 Å². The number of halogens is 1. The normalized spacial score (nSPS) is 18.8. The average Bonchev–Trinajstić information content (AvgIpc) is 2.28. The van der Waals surface area contributed by atoms with Crippen LogP contribution in [0.4, 0.5) is 0 Å². The highest BCUT2D eigenvalue weighted by atomic mass is 35.5. The van der Waals surface area contributed by atoms with Crippen LogP contribution in [0, 0.1) is 5.92 Å². The second-order valence-electron chi connectivity index (χ2n) is 4.12. The Balaban J connectivity index is 2.18. The molecule has 0 bridgehead atoms. The van der Waals surface area contributed by atoms with E-state index >= 15 is 0 Å². The van der Waals surface area contributed by atoms with Gasteiger partial charge in [-0.3, -0.25) is 0 Å². The van der Waals surface area contributed by atoms with Gasteiger partial charge in [0.2, 0.25) is 10.0 Å². The third-order valence-corrected chi connectivity index (χ3v) is 4.43. The van der Waals surface area contributed by atoms with Crippen LogP contribution in [0.2, 0.25) is 0 Å². The van der Waals surface area contributed by atoms with Crippen LogP contribution in [0.25, 0.3) is 0 Å². The fourth-order valence-corrected chi connectivity index (χ4v) is 3.06. The molecule has 0 aromatic rings. The van der Waals surface area contributed by atoms with Gasteiger partial charge in [-0.05, 0) is 31.6 Å². The lowest BCUT2D eigenvalue weighted by molar-refractivity contribution is 0.0678. The molecule has 1 rings (SSSR count). The summed E-state index contributed by atoms with van der Waals surface area (Å²) in [6.07, 6.45) is 3.28. The number of nitrogens with one attached hydrogen (secondary N) is 1. The van der Waals surface area contributed by atoms with Gasteiger partial charge < -0.3 is 4.74 Å². The number of alkyl halides is 1. The van der Waals surface area contributed by atoms with Gasteiger partial charge in [-0.2, -0.15) is 0 Å². The van der Waals surface area contributed by atoms with E-state index in [0.717, 1.165) is 32.5 Å². The van der Waals surface area contributed by atoms with E-state index < -0.39 is 10.0 Å². The molecule has 1 N–H and O–H groups in total. The van der Waals surface area contributed by atoms with Gasteiger partial charge >= 0.3 is 0 Å². The third kappa shape index (κ3) is 6.03. The Hall–Kier alpha value is 0.160. The van der Waals surface area contributed by atoms with Crippen molar-refractivity contribution in [3.63, 3.8) is 0 Å². The maximum atomic E-state index is 11.6. The first-order chi connectivity index (χ1) is 7.64. The Morgan fingerprint density at radius 1 is 1.25 bits per heavy atom. The van der Waals surface area contributed by atoms with E-state index in [9.17, 15) is 8.42 Å². The van der Waals surface area contributed by atoms with Crippen LogP contribution in [0.15, 0.2) is 0 Å². The maximum Gasteiger partial charge on any atom is 0.211 e. The monoisotopic (exact) mass is 269 g/mol. The van der Waals surface area contributed by atoms with Crippen molar-refractivity contribution < 1.29 is 13.2 Å². The summed E-state index contributed by atoms with van der Waals surface area (Å²) in [5.41, 5.74) is 0. The lowest BCUT2D eigenvalue weighted by Gasteiger charge is -2.22. The molecule has 0 spiro atoms. The van der Waals surface area contributed by atoms with Crippen LogP contribution >= 0.6 is 11.6 Å². The molecular weight excluding hydrogens is 250 g/mol. The minimum Gasteiger partial charge on any atom is -0.381 e. The van der Waals surface area contributed by atoms with E-state index in [2.05, 4.69) is 4.72 Å². The SMILES string of the molecule is O=S(=O)(CCCCCl)NCC1CCOCC1. The third-order valence-electron chi connectivity index (χ3n) is 2.73. The second kappa shape index (κ2) is 7.48. The first-order valence-electron chi connectivity index (χ1n) is 5.75. The van der Waals surface area contributed by atoms with Gasteiger partial charge in [0, 0.05) is 25.6 Å². The maximum absolute atomic E-state index is 11.6. The van der Waals surface area contributed by atoms with Gasteiger partial charge in [0.15, 0.2) is 0 Å². The molecule has 0 saturated carbocycles. The lowest BCUT2D eigenvalue weighted by atomic mass is 10.0. The van der Waals surface area contributed by atoms with E-state index in [1.165, 1.54) is 0 Å². The highest BCUT2D eigenvalue weighted by molar-refractivity contribution is 7.89. The predicted molar refractivity (Wildman–Crippen MR) is 65.3 cm³/mol. The fraction of sp³-hybridized carbons (Fsp3) is 1.00. The molecule has 0 aliphatic carbocycles. The summed E-state index contributed by atoms with van der Waals surface area (Å²) in [4.78, 5) is 0. The number of unbranched alkanes of at least 4 members (excludes halogenated alkanes) is 1. The first-order valence-corrected chi connectivity index (χ1v) is 7.94. The minimum absolute atomic E-state index is 0.183. The van der Waals surface area contributed by atoms with E-state index in [1.54, 1.807) is 0 Å². The van der Waals surface area contributed by atoms with E-state index in [-0.39, 0.29) is 5.75 Å². The van der Waals surface area contributed by atoms with E-state index in [4.69, 9.17) is 16.3 Å². The Kier molecular flexibility index (Phi) is 6.65. The number of hydrogen-bond donors (Lipinski definition) is 1. The molecule has 1 heterocycles. The zero-order valence-electron chi connectivity index (χ0n) is 9.45. The highest BCUT2D eigenvalue weighted by Gasteiger charge is 2.17. The second-order valence-corrected chi connectivity index (χ2v) is 6.42. The molecule has 1 saturated heterocycles.